The quantitative estimate of drug-likeness (QED) is 0.750. The summed E-state index contributed by atoms with van der Waals surface area (Å²) in [6.07, 6.45) is 1.10. The zero-order valence-electron chi connectivity index (χ0n) is 8.73. The predicted octanol–water partition coefficient (Wildman–Crippen LogP) is 3.11. The molecule has 0 amide bonds. The van der Waals surface area contributed by atoms with E-state index < -0.39 is 0 Å². The summed E-state index contributed by atoms with van der Waals surface area (Å²) in [6.45, 7) is 6.43. The molecular weight excluding hydrogens is 194 g/mol. The predicted molar refractivity (Wildman–Crippen MR) is 61.0 cm³/mol. The standard InChI is InChI=1S/C12H16ClN/c1-8(2)11-5-10-7-14-4-3-9(10)6-12(11)13/h5-6,8,14H,3-4,7H2,1-2H3. The zero-order chi connectivity index (χ0) is 10.1. The Kier molecular flexibility index (Phi) is 2.80. The molecule has 1 aromatic carbocycles. The van der Waals surface area contributed by atoms with Crippen LogP contribution in [0.1, 0.15) is 36.5 Å². The maximum Gasteiger partial charge on any atom is 0.0443 e. The van der Waals surface area contributed by atoms with Crippen LogP contribution in [0.15, 0.2) is 12.1 Å². The van der Waals surface area contributed by atoms with Gasteiger partial charge in [-0.15, -0.1) is 0 Å². The molecule has 1 nitrogen and oxygen atoms in total. The van der Waals surface area contributed by atoms with Crippen LogP contribution in [0, 0.1) is 0 Å². The molecule has 1 N–H and O–H groups in total. The summed E-state index contributed by atoms with van der Waals surface area (Å²) in [4.78, 5) is 0. The minimum Gasteiger partial charge on any atom is -0.312 e. The zero-order valence-corrected chi connectivity index (χ0v) is 9.49. The molecule has 0 fully saturated rings. The monoisotopic (exact) mass is 209 g/mol. The lowest BCUT2D eigenvalue weighted by Crippen LogP contribution is -2.23. The average molecular weight is 210 g/mol. The Morgan fingerprint density at radius 1 is 1.29 bits per heavy atom. The number of hydrogen-bond acceptors (Lipinski definition) is 1. The van der Waals surface area contributed by atoms with Crippen LogP contribution in [-0.2, 0) is 13.0 Å². The number of fused-ring (bicyclic) bond motifs is 1. The maximum absolute atomic E-state index is 6.24. The van der Waals surface area contributed by atoms with E-state index in [4.69, 9.17) is 11.6 Å². The van der Waals surface area contributed by atoms with Crippen LogP contribution in [-0.4, -0.2) is 6.54 Å². The molecule has 1 aliphatic heterocycles. The Balaban J connectivity index is 2.45. The van der Waals surface area contributed by atoms with Crippen LogP contribution >= 0.6 is 11.6 Å². The van der Waals surface area contributed by atoms with Crippen molar-refractivity contribution in [1.29, 1.82) is 0 Å². The molecular formula is C12H16ClN. The molecule has 0 spiro atoms. The summed E-state index contributed by atoms with van der Waals surface area (Å²) in [5, 5.41) is 4.31. The molecule has 1 aliphatic rings. The van der Waals surface area contributed by atoms with E-state index in [1.165, 1.54) is 16.7 Å². The van der Waals surface area contributed by atoms with Gasteiger partial charge in [-0.25, -0.2) is 0 Å². The summed E-state index contributed by atoms with van der Waals surface area (Å²) < 4.78 is 0. The molecule has 76 valence electrons. The summed E-state index contributed by atoms with van der Waals surface area (Å²) >= 11 is 6.24. The minimum atomic E-state index is 0.509. The van der Waals surface area contributed by atoms with Crippen molar-refractivity contribution in [2.45, 2.75) is 32.7 Å². The SMILES string of the molecule is CC(C)c1cc2c(cc1Cl)CCNC2. The molecule has 0 radical (unpaired) electrons. The Morgan fingerprint density at radius 3 is 2.79 bits per heavy atom. The third kappa shape index (κ3) is 1.79. The van der Waals surface area contributed by atoms with Crippen molar-refractivity contribution < 1.29 is 0 Å². The Morgan fingerprint density at radius 2 is 2.07 bits per heavy atom. The first-order valence-electron chi connectivity index (χ1n) is 5.20. The largest absolute Gasteiger partial charge is 0.312 e. The molecule has 0 atom stereocenters. The van der Waals surface area contributed by atoms with Crippen LogP contribution < -0.4 is 5.32 Å². The van der Waals surface area contributed by atoms with Crippen molar-refractivity contribution in [2.24, 2.45) is 0 Å². The molecule has 0 aromatic heterocycles. The molecule has 1 aromatic rings. The van der Waals surface area contributed by atoms with Gasteiger partial charge in [-0.2, -0.15) is 0 Å². The van der Waals surface area contributed by atoms with Crippen molar-refractivity contribution in [3.63, 3.8) is 0 Å². The van der Waals surface area contributed by atoms with Crippen molar-refractivity contribution in [3.05, 3.63) is 33.8 Å². The second kappa shape index (κ2) is 3.92. The lowest BCUT2D eigenvalue weighted by Gasteiger charge is -2.20. The van der Waals surface area contributed by atoms with E-state index in [0.29, 0.717) is 5.92 Å². The van der Waals surface area contributed by atoms with E-state index >= 15 is 0 Å². The van der Waals surface area contributed by atoms with Crippen LogP contribution in [0.4, 0.5) is 0 Å². The average Bonchev–Trinajstić information content (AvgIpc) is 2.16. The van der Waals surface area contributed by atoms with E-state index in [0.717, 1.165) is 24.5 Å². The molecule has 0 saturated heterocycles. The van der Waals surface area contributed by atoms with Crippen LogP contribution in [0.2, 0.25) is 5.02 Å². The topological polar surface area (TPSA) is 12.0 Å². The van der Waals surface area contributed by atoms with Gasteiger partial charge in [0.05, 0.1) is 0 Å². The fraction of sp³-hybridized carbons (Fsp3) is 0.500. The lowest BCUT2D eigenvalue weighted by molar-refractivity contribution is 0.641. The molecule has 0 aliphatic carbocycles. The van der Waals surface area contributed by atoms with Gasteiger partial charge in [-0.1, -0.05) is 31.5 Å². The van der Waals surface area contributed by atoms with E-state index in [-0.39, 0.29) is 0 Å². The summed E-state index contributed by atoms with van der Waals surface area (Å²) in [5.74, 6) is 0.509. The Bertz CT molecular complexity index is 344. The molecule has 2 heteroatoms. The van der Waals surface area contributed by atoms with Gasteiger partial charge in [0, 0.05) is 11.6 Å². The van der Waals surface area contributed by atoms with E-state index in [2.05, 4.69) is 31.3 Å². The van der Waals surface area contributed by atoms with Crippen molar-refractivity contribution in [2.75, 3.05) is 6.54 Å². The van der Waals surface area contributed by atoms with Crippen LogP contribution in [0.25, 0.3) is 0 Å². The maximum atomic E-state index is 6.24. The highest BCUT2D eigenvalue weighted by atomic mass is 35.5. The van der Waals surface area contributed by atoms with E-state index in [9.17, 15) is 0 Å². The Hall–Kier alpha value is -0.530. The number of halogens is 1. The first-order chi connectivity index (χ1) is 6.68. The second-order valence-electron chi connectivity index (χ2n) is 4.22. The third-order valence-electron chi connectivity index (χ3n) is 2.83. The smallest absolute Gasteiger partial charge is 0.0443 e. The number of nitrogens with one attached hydrogen (secondary N) is 1. The summed E-state index contributed by atoms with van der Waals surface area (Å²) in [6, 6.07) is 4.40. The van der Waals surface area contributed by atoms with Crippen LogP contribution in [0.5, 0.6) is 0 Å². The first kappa shape index (κ1) is 10.0. The minimum absolute atomic E-state index is 0.509. The van der Waals surface area contributed by atoms with E-state index in [1.807, 2.05) is 0 Å². The van der Waals surface area contributed by atoms with Gasteiger partial charge >= 0.3 is 0 Å². The highest BCUT2D eigenvalue weighted by Crippen LogP contribution is 2.28. The Labute approximate surface area is 90.5 Å². The molecule has 0 bridgehead atoms. The molecule has 14 heavy (non-hydrogen) atoms. The second-order valence-corrected chi connectivity index (χ2v) is 4.63. The van der Waals surface area contributed by atoms with Gasteiger partial charge in [0.1, 0.15) is 0 Å². The molecule has 1 heterocycles. The highest BCUT2D eigenvalue weighted by molar-refractivity contribution is 6.31. The van der Waals surface area contributed by atoms with Crippen molar-refractivity contribution in [1.82, 2.24) is 5.32 Å². The fourth-order valence-electron chi connectivity index (χ4n) is 1.96. The van der Waals surface area contributed by atoms with Gasteiger partial charge in [0.2, 0.25) is 0 Å². The van der Waals surface area contributed by atoms with E-state index in [1.54, 1.807) is 0 Å². The number of benzene rings is 1. The highest BCUT2D eigenvalue weighted by Gasteiger charge is 2.13. The van der Waals surface area contributed by atoms with Gasteiger partial charge < -0.3 is 5.32 Å². The number of rotatable bonds is 1. The molecule has 0 saturated carbocycles. The van der Waals surface area contributed by atoms with Crippen molar-refractivity contribution in [3.8, 4) is 0 Å². The molecule has 0 unspecified atom stereocenters. The summed E-state index contributed by atoms with van der Waals surface area (Å²) in [5.41, 5.74) is 4.11. The van der Waals surface area contributed by atoms with Crippen LogP contribution in [0.3, 0.4) is 0 Å². The van der Waals surface area contributed by atoms with Crippen molar-refractivity contribution >= 4 is 11.6 Å². The lowest BCUT2D eigenvalue weighted by atomic mass is 9.94. The third-order valence-corrected chi connectivity index (χ3v) is 3.15. The van der Waals surface area contributed by atoms with Gasteiger partial charge in [-0.05, 0) is 41.6 Å². The normalized spacial score (nSPS) is 15.7. The fourth-order valence-corrected chi connectivity index (χ4v) is 2.37. The summed E-state index contributed by atoms with van der Waals surface area (Å²) in [7, 11) is 0. The first-order valence-corrected chi connectivity index (χ1v) is 5.58. The number of hydrogen-bond donors (Lipinski definition) is 1. The van der Waals surface area contributed by atoms with Gasteiger partial charge in [-0.3, -0.25) is 0 Å². The van der Waals surface area contributed by atoms with Gasteiger partial charge in [0.25, 0.3) is 0 Å². The van der Waals surface area contributed by atoms with Gasteiger partial charge in [0.15, 0.2) is 0 Å². The molecule has 2 rings (SSSR count).